The highest BCUT2D eigenvalue weighted by atomic mass is 79.9. The van der Waals surface area contributed by atoms with E-state index in [1.807, 2.05) is 48.5 Å². The van der Waals surface area contributed by atoms with Crippen LogP contribution in [0.1, 0.15) is 21.5 Å². The summed E-state index contributed by atoms with van der Waals surface area (Å²) in [4.78, 5) is 12.7. The first-order chi connectivity index (χ1) is 13.9. The Morgan fingerprint density at radius 3 is 2.62 bits per heavy atom. The number of carbonyl (C=O) groups excluding carboxylic acids is 1. The molecule has 4 rings (SSSR count). The second kappa shape index (κ2) is 8.00. The van der Waals surface area contributed by atoms with Gasteiger partial charge in [-0.05, 0) is 53.9 Å². The van der Waals surface area contributed by atoms with Gasteiger partial charge in [0.2, 0.25) is 0 Å². The van der Waals surface area contributed by atoms with Gasteiger partial charge in [-0.15, -0.1) is 0 Å². The molecule has 1 aliphatic heterocycles. The summed E-state index contributed by atoms with van der Waals surface area (Å²) in [7, 11) is -3.73. The molecule has 0 saturated carbocycles. The molecule has 0 fully saturated rings. The van der Waals surface area contributed by atoms with Crippen LogP contribution in [0.25, 0.3) is 0 Å². The van der Waals surface area contributed by atoms with E-state index in [4.69, 9.17) is 0 Å². The van der Waals surface area contributed by atoms with Gasteiger partial charge in [-0.25, -0.2) is 8.42 Å². The van der Waals surface area contributed by atoms with Crippen LogP contribution in [0, 0.1) is 0 Å². The maximum absolute atomic E-state index is 13.2. The highest BCUT2D eigenvalue weighted by Gasteiger charge is 2.30. The minimum atomic E-state index is -3.73. The Labute approximate surface area is 178 Å². The number of hydrogen-bond acceptors (Lipinski definition) is 3. The number of amides is 1. The van der Waals surface area contributed by atoms with Crippen molar-refractivity contribution in [2.24, 2.45) is 0 Å². The molecule has 1 amide bonds. The lowest BCUT2D eigenvalue weighted by molar-refractivity contribution is 0.0950. The summed E-state index contributed by atoms with van der Waals surface area (Å²) in [5.41, 5.74) is 2.98. The zero-order valence-corrected chi connectivity index (χ0v) is 17.9. The number of nitrogens with one attached hydrogen (secondary N) is 1. The zero-order valence-electron chi connectivity index (χ0n) is 15.5. The predicted molar refractivity (Wildman–Crippen MR) is 116 cm³/mol. The molecule has 0 unspecified atom stereocenters. The third-order valence-corrected chi connectivity index (χ3v) is 7.17. The molecular formula is C22H19BrN2O3S. The summed E-state index contributed by atoms with van der Waals surface area (Å²) < 4.78 is 28.7. The molecule has 5 nitrogen and oxygen atoms in total. The van der Waals surface area contributed by atoms with E-state index < -0.39 is 10.0 Å². The number of fused-ring (bicyclic) bond motifs is 1. The lowest BCUT2D eigenvalue weighted by Gasteiger charge is -2.20. The first-order valence-corrected chi connectivity index (χ1v) is 11.4. The average molecular weight is 471 g/mol. The monoisotopic (exact) mass is 470 g/mol. The number of halogens is 1. The van der Waals surface area contributed by atoms with E-state index in [-0.39, 0.29) is 10.8 Å². The van der Waals surface area contributed by atoms with Crippen molar-refractivity contribution >= 4 is 37.5 Å². The molecule has 0 aromatic heterocycles. The molecule has 148 valence electrons. The summed E-state index contributed by atoms with van der Waals surface area (Å²) >= 11 is 3.41. The number of nitrogens with zero attached hydrogens (tertiary/aromatic N) is 1. The Balaban J connectivity index is 1.55. The van der Waals surface area contributed by atoms with E-state index >= 15 is 0 Å². The molecule has 0 saturated heterocycles. The molecule has 29 heavy (non-hydrogen) atoms. The summed E-state index contributed by atoms with van der Waals surface area (Å²) in [6, 6.07) is 21.3. The first kappa shape index (κ1) is 19.7. The fourth-order valence-electron chi connectivity index (χ4n) is 3.41. The summed E-state index contributed by atoms with van der Waals surface area (Å²) in [6.07, 6.45) is 0.683. The van der Waals surface area contributed by atoms with Gasteiger partial charge in [0.25, 0.3) is 15.9 Å². The van der Waals surface area contributed by atoms with E-state index in [9.17, 15) is 13.2 Å². The van der Waals surface area contributed by atoms with Gasteiger partial charge in [0, 0.05) is 23.1 Å². The smallest absolute Gasteiger partial charge is 0.264 e. The molecule has 0 bridgehead atoms. The van der Waals surface area contributed by atoms with Crippen molar-refractivity contribution in [2.45, 2.75) is 17.9 Å². The van der Waals surface area contributed by atoms with Crippen molar-refractivity contribution in [1.29, 1.82) is 0 Å². The topological polar surface area (TPSA) is 66.5 Å². The highest BCUT2D eigenvalue weighted by molar-refractivity contribution is 9.10. The predicted octanol–water partition coefficient (Wildman–Crippen LogP) is 4.13. The number of rotatable bonds is 5. The number of para-hydroxylation sites is 1. The van der Waals surface area contributed by atoms with Gasteiger partial charge in [-0.2, -0.15) is 0 Å². The summed E-state index contributed by atoms with van der Waals surface area (Å²) in [5.74, 6) is -0.316. The van der Waals surface area contributed by atoms with Crippen LogP contribution in [-0.2, 0) is 23.0 Å². The van der Waals surface area contributed by atoms with Crippen LogP contribution < -0.4 is 9.62 Å². The molecular weight excluding hydrogens is 452 g/mol. The number of sulfonamides is 1. The molecule has 0 radical (unpaired) electrons. The van der Waals surface area contributed by atoms with Crippen molar-refractivity contribution in [3.8, 4) is 0 Å². The van der Waals surface area contributed by atoms with Gasteiger partial charge in [0.05, 0.1) is 10.6 Å². The lowest BCUT2D eigenvalue weighted by atomic mass is 10.2. The maximum atomic E-state index is 13.2. The van der Waals surface area contributed by atoms with Crippen LogP contribution in [0.2, 0.25) is 0 Å². The van der Waals surface area contributed by atoms with Gasteiger partial charge >= 0.3 is 0 Å². The molecule has 0 spiro atoms. The van der Waals surface area contributed by atoms with Crippen LogP contribution in [0.5, 0.6) is 0 Å². The zero-order chi connectivity index (χ0) is 20.4. The third-order valence-electron chi connectivity index (χ3n) is 4.87. The van der Waals surface area contributed by atoms with E-state index in [2.05, 4.69) is 21.2 Å². The molecule has 3 aromatic carbocycles. The lowest BCUT2D eigenvalue weighted by Crippen LogP contribution is -2.29. The Morgan fingerprint density at radius 2 is 1.79 bits per heavy atom. The fraction of sp³-hybridized carbons (Fsp3) is 0.136. The molecule has 1 heterocycles. The Morgan fingerprint density at radius 1 is 1.00 bits per heavy atom. The molecule has 0 aliphatic carbocycles. The summed E-state index contributed by atoms with van der Waals surface area (Å²) in [5, 5.41) is 2.84. The van der Waals surface area contributed by atoms with Gasteiger partial charge in [-0.1, -0.05) is 52.3 Å². The maximum Gasteiger partial charge on any atom is 0.264 e. The molecule has 0 atom stereocenters. The first-order valence-electron chi connectivity index (χ1n) is 9.18. The second-order valence-corrected chi connectivity index (χ2v) is 9.57. The van der Waals surface area contributed by atoms with E-state index in [0.29, 0.717) is 30.8 Å². The van der Waals surface area contributed by atoms with Crippen molar-refractivity contribution in [2.75, 3.05) is 10.8 Å². The van der Waals surface area contributed by atoms with E-state index in [1.54, 1.807) is 12.1 Å². The number of carbonyl (C=O) groups is 1. The van der Waals surface area contributed by atoms with Crippen LogP contribution >= 0.6 is 15.9 Å². The van der Waals surface area contributed by atoms with Crippen molar-refractivity contribution < 1.29 is 13.2 Å². The quantitative estimate of drug-likeness (QED) is 0.609. The van der Waals surface area contributed by atoms with Crippen molar-refractivity contribution in [1.82, 2.24) is 5.32 Å². The largest absolute Gasteiger partial charge is 0.348 e. The third kappa shape index (κ3) is 4.06. The van der Waals surface area contributed by atoms with Crippen molar-refractivity contribution in [3.63, 3.8) is 0 Å². The highest BCUT2D eigenvalue weighted by Crippen LogP contribution is 2.32. The van der Waals surface area contributed by atoms with Crippen LogP contribution in [0.15, 0.2) is 82.2 Å². The van der Waals surface area contributed by atoms with Gasteiger partial charge in [0.1, 0.15) is 0 Å². The fourth-order valence-corrected chi connectivity index (χ4v) is 5.41. The van der Waals surface area contributed by atoms with Crippen LogP contribution in [-0.4, -0.2) is 20.9 Å². The van der Waals surface area contributed by atoms with Crippen LogP contribution in [0.4, 0.5) is 5.69 Å². The molecule has 7 heteroatoms. The SMILES string of the molecule is O=C(NCc1cccc(Br)c1)c1cccc(S(=O)(=O)N2CCc3ccccc32)c1. The standard InChI is InChI=1S/C22H19BrN2O3S/c23-19-8-3-5-16(13-19)15-24-22(26)18-7-4-9-20(14-18)29(27,28)25-12-11-17-6-1-2-10-21(17)25/h1-10,13-14H,11-12,15H2,(H,24,26). The Hall–Kier alpha value is -2.64. The average Bonchev–Trinajstić information content (AvgIpc) is 3.17. The Kier molecular flexibility index (Phi) is 5.43. The Bertz CT molecular complexity index is 1180. The van der Waals surface area contributed by atoms with Gasteiger partial charge < -0.3 is 5.32 Å². The number of hydrogen-bond donors (Lipinski definition) is 1. The minimum Gasteiger partial charge on any atom is -0.348 e. The molecule has 1 aliphatic rings. The second-order valence-electron chi connectivity index (χ2n) is 6.80. The van der Waals surface area contributed by atoms with E-state index in [0.717, 1.165) is 15.6 Å². The molecule has 3 aromatic rings. The number of benzene rings is 3. The van der Waals surface area contributed by atoms with Gasteiger partial charge in [0.15, 0.2) is 0 Å². The summed E-state index contributed by atoms with van der Waals surface area (Å²) in [6.45, 7) is 0.760. The minimum absolute atomic E-state index is 0.115. The van der Waals surface area contributed by atoms with Crippen molar-refractivity contribution in [3.05, 3.63) is 94.0 Å². The van der Waals surface area contributed by atoms with Crippen LogP contribution in [0.3, 0.4) is 0 Å². The normalized spacial score (nSPS) is 13.2. The number of anilines is 1. The van der Waals surface area contributed by atoms with Gasteiger partial charge in [-0.3, -0.25) is 9.10 Å². The van der Waals surface area contributed by atoms with E-state index in [1.165, 1.54) is 16.4 Å². The molecule has 1 N–H and O–H groups in total.